The van der Waals surface area contributed by atoms with Crippen LogP contribution < -0.4 is 21.1 Å². The maximum absolute atomic E-state index is 13.3. The second-order valence-corrected chi connectivity index (χ2v) is 11.2. The van der Waals surface area contributed by atoms with Crippen LogP contribution >= 0.6 is 0 Å². The lowest BCUT2D eigenvalue weighted by atomic mass is 9.96. The number of hydrogen-bond acceptors (Lipinski definition) is 7. The van der Waals surface area contributed by atoms with E-state index in [1.807, 2.05) is 5.32 Å². The molecule has 1 aliphatic rings. The molecule has 0 spiro atoms. The Kier molecular flexibility index (Phi) is 10.4. The van der Waals surface area contributed by atoms with Crippen LogP contribution in [-0.2, 0) is 21.4 Å². The van der Waals surface area contributed by atoms with Gasteiger partial charge in [-0.15, -0.1) is 0 Å². The Morgan fingerprint density at radius 2 is 1.82 bits per heavy atom. The SMILES string of the molecule is C=C(F)C(=O)Nc1ccc(-c2c(-c3ccc(C(=O)NCC(F)(F)F)c(OC)c3)c3c(N)ncc(C#CC(=O)N4CCCOCC4)c3n2C)cc1. The number of ether oxygens (including phenoxy) is 2. The van der Waals surface area contributed by atoms with Gasteiger partial charge in [-0.05, 0) is 41.8 Å². The third-order valence-corrected chi connectivity index (χ3v) is 7.90. The Hall–Kier alpha value is -5.88. The van der Waals surface area contributed by atoms with Gasteiger partial charge in [0.1, 0.15) is 18.1 Å². The van der Waals surface area contributed by atoms with Crippen LogP contribution in [0.4, 0.5) is 29.1 Å². The number of carbonyl (C=O) groups excluding carboxylic acids is 3. The summed E-state index contributed by atoms with van der Waals surface area (Å²) >= 11 is 0. The Labute approximate surface area is 284 Å². The molecule has 4 aromatic rings. The van der Waals surface area contributed by atoms with Gasteiger partial charge in [0.2, 0.25) is 0 Å². The van der Waals surface area contributed by atoms with Crippen molar-refractivity contribution in [3.8, 4) is 40.0 Å². The fraction of sp³-hybridized carbons (Fsp3) is 0.257. The topological polar surface area (TPSA) is 141 Å². The highest BCUT2D eigenvalue weighted by molar-refractivity contribution is 6.12. The predicted molar refractivity (Wildman–Crippen MR) is 179 cm³/mol. The normalized spacial score (nSPS) is 13.2. The first-order valence-corrected chi connectivity index (χ1v) is 15.2. The fourth-order valence-electron chi connectivity index (χ4n) is 5.59. The van der Waals surface area contributed by atoms with Crippen molar-refractivity contribution < 1.29 is 41.4 Å². The Morgan fingerprint density at radius 1 is 1.10 bits per heavy atom. The highest BCUT2D eigenvalue weighted by Gasteiger charge is 2.29. The summed E-state index contributed by atoms with van der Waals surface area (Å²) in [5.74, 6) is 2.22. The molecule has 1 aliphatic heterocycles. The first-order valence-electron chi connectivity index (χ1n) is 15.2. The minimum atomic E-state index is -4.61. The molecule has 50 heavy (non-hydrogen) atoms. The van der Waals surface area contributed by atoms with Crippen molar-refractivity contribution >= 4 is 40.1 Å². The second kappa shape index (κ2) is 14.7. The number of fused-ring (bicyclic) bond motifs is 1. The molecule has 3 heterocycles. The van der Waals surface area contributed by atoms with Crippen molar-refractivity contribution in [2.24, 2.45) is 7.05 Å². The molecule has 0 unspecified atom stereocenters. The van der Waals surface area contributed by atoms with E-state index < -0.39 is 30.4 Å². The molecular weight excluding hydrogens is 660 g/mol. The first kappa shape index (κ1) is 35.4. The van der Waals surface area contributed by atoms with Crippen molar-refractivity contribution in [2.75, 3.05) is 51.0 Å². The molecule has 260 valence electrons. The summed E-state index contributed by atoms with van der Waals surface area (Å²) < 4.78 is 64.4. The zero-order chi connectivity index (χ0) is 36.2. The van der Waals surface area contributed by atoms with Crippen molar-refractivity contribution in [3.05, 3.63) is 72.2 Å². The summed E-state index contributed by atoms with van der Waals surface area (Å²) in [7, 11) is 3.03. The largest absolute Gasteiger partial charge is 0.496 e. The molecule has 5 rings (SSSR count). The van der Waals surface area contributed by atoms with Crippen LogP contribution in [0.2, 0.25) is 0 Å². The zero-order valence-electron chi connectivity index (χ0n) is 27.0. The van der Waals surface area contributed by atoms with E-state index in [0.29, 0.717) is 77.3 Å². The minimum Gasteiger partial charge on any atom is -0.496 e. The average molecular weight is 693 g/mol. The highest BCUT2D eigenvalue weighted by Crippen LogP contribution is 2.44. The number of aromatic nitrogens is 2. The van der Waals surface area contributed by atoms with Gasteiger partial charge in [-0.25, -0.2) is 9.37 Å². The molecule has 15 heteroatoms. The molecule has 1 fully saturated rings. The van der Waals surface area contributed by atoms with Gasteiger partial charge in [0.25, 0.3) is 17.7 Å². The number of aryl methyl sites for hydroxylation is 1. The van der Waals surface area contributed by atoms with Crippen LogP contribution in [-0.4, -0.2) is 78.3 Å². The Balaban J connectivity index is 1.68. The minimum absolute atomic E-state index is 0.0101. The molecule has 1 saturated heterocycles. The zero-order valence-corrected chi connectivity index (χ0v) is 27.0. The van der Waals surface area contributed by atoms with Gasteiger partial charge in [0.15, 0.2) is 5.83 Å². The van der Waals surface area contributed by atoms with Crippen LogP contribution in [0, 0.1) is 11.8 Å². The molecule has 0 aliphatic carbocycles. The van der Waals surface area contributed by atoms with Gasteiger partial charge in [-0.1, -0.05) is 30.7 Å². The van der Waals surface area contributed by atoms with Gasteiger partial charge in [-0.3, -0.25) is 14.4 Å². The lowest BCUT2D eigenvalue weighted by molar-refractivity contribution is -0.125. The maximum atomic E-state index is 13.3. The molecular formula is C35H32F4N6O5. The van der Waals surface area contributed by atoms with E-state index in [9.17, 15) is 31.9 Å². The van der Waals surface area contributed by atoms with Crippen LogP contribution in [0.1, 0.15) is 22.3 Å². The molecule has 2 aromatic carbocycles. The number of pyridine rings is 1. The number of carbonyl (C=O) groups is 3. The number of rotatable bonds is 7. The second-order valence-electron chi connectivity index (χ2n) is 11.2. The average Bonchev–Trinajstić information content (AvgIpc) is 3.21. The molecule has 0 saturated carbocycles. The third-order valence-electron chi connectivity index (χ3n) is 7.90. The summed E-state index contributed by atoms with van der Waals surface area (Å²) in [6.45, 7) is 3.34. The highest BCUT2D eigenvalue weighted by atomic mass is 19.4. The lowest BCUT2D eigenvalue weighted by Crippen LogP contribution is -2.33. The van der Waals surface area contributed by atoms with Crippen molar-refractivity contribution in [3.63, 3.8) is 0 Å². The number of nitrogen functional groups attached to an aromatic ring is 1. The fourth-order valence-corrected chi connectivity index (χ4v) is 5.59. The van der Waals surface area contributed by atoms with E-state index in [2.05, 4.69) is 28.7 Å². The van der Waals surface area contributed by atoms with Gasteiger partial charge >= 0.3 is 6.18 Å². The van der Waals surface area contributed by atoms with Crippen molar-refractivity contribution in [1.29, 1.82) is 0 Å². The first-order chi connectivity index (χ1) is 23.8. The van der Waals surface area contributed by atoms with Crippen molar-refractivity contribution in [1.82, 2.24) is 19.8 Å². The molecule has 2 aromatic heterocycles. The van der Waals surface area contributed by atoms with Gasteiger partial charge in [-0.2, -0.15) is 13.2 Å². The Bertz CT molecular complexity index is 2040. The maximum Gasteiger partial charge on any atom is 0.405 e. The molecule has 0 radical (unpaired) electrons. The molecule has 11 nitrogen and oxygen atoms in total. The number of alkyl halides is 3. The van der Waals surface area contributed by atoms with Crippen LogP contribution in [0.3, 0.4) is 0 Å². The quantitative estimate of drug-likeness (QED) is 0.144. The summed E-state index contributed by atoms with van der Waals surface area (Å²) in [5.41, 5.74) is 9.66. The summed E-state index contributed by atoms with van der Waals surface area (Å²) in [6.07, 6.45) is -2.48. The number of nitrogens with two attached hydrogens (primary N) is 1. The molecule has 0 bridgehead atoms. The number of anilines is 2. The number of amides is 3. The number of benzene rings is 2. The number of methoxy groups -OCH3 is 1. The van der Waals surface area contributed by atoms with E-state index >= 15 is 0 Å². The van der Waals surface area contributed by atoms with E-state index in [1.165, 1.54) is 31.5 Å². The predicted octanol–water partition coefficient (Wildman–Crippen LogP) is 4.81. The number of nitrogens with zero attached hydrogens (tertiary/aromatic N) is 3. The van der Waals surface area contributed by atoms with Gasteiger partial charge in [0, 0.05) is 50.1 Å². The molecule has 0 atom stereocenters. The van der Waals surface area contributed by atoms with E-state index in [0.717, 1.165) is 0 Å². The molecule has 4 N–H and O–H groups in total. The van der Waals surface area contributed by atoms with E-state index in [-0.39, 0.29) is 23.0 Å². The summed E-state index contributed by atoms with van der Waals surface area (Å²) in [5, 5.41) is 4.68. The van der Waals surface area contributed by atoms with Crippen molar-refractivity contribution in [2.45, 2.75) is 12.6 Å². The lowest BCUT2D eigenvalue weighted by Gasteiger charge is -2.15. The van der Waals surface area contributed by atoms with Gasteiger partial charge < -0.3 is 35.3 Å². The van der Waals surface area contributed by atoms with Crippen LogP contribution in [0.5, 0.6) is 5.75 Å². The molecule has 3 amide bonds. The monoisotopic (exact) mass is 692 g/mol. The Morgan fingerprint density at radius 3 is 2.50 bits per heavy atom. The van der Waals surface area contributed by atoms with Crippen LogP contribution in [0.25, 0.3) is 33.3 Å². The standard InChI is InChI=1S/C35H32F4N6O5/c1-20(36)33(47)43-24-9-5-21(6-10-24)30-28(22-7-11-25(26(17-22)49-3)34(48)42-19-35(37,38)39)29-31(44(30)2)23(18-41-32(29)40)8-12-27(46)45-13-4-15-50-16-14-45/h5-7,9-11,17-18H,1,4,13-16,19H2,2-3H3,(H2,40,41)(H,42,48)(H,43,47). The smallest absolute Gasteiger partial charge is 0.405 e. The van der Waals surface area contributed by atoms with Gasteiger partial charge in [0.05, 0.1) is 41.4 Å². The summed E-state index contributed by atoms with van der Waals surface area (Å²) in [4.78, 5) is 43.5. The van der Waals surface area contributed by atoms with Crippen LogP contribution in [0.15, 0.2) is 61.1 Å². The third kappa shape index (κ3) is 7.71. The number of hydrogen-bond donors (Lipinski definition) is 3. The summed E-state index contributed by atoms with van der Waals surface area (Å²) in [6, 6.07) is 10.8. The number of halogens is 4. The number of nitrogens with one attached hydrogen (secondary N) is 2. The van der Waals surface area contributed by atoms with E-state index in [4.69, 9.17) is 15.2 Å². The van der Waals surface area contributed by atoms with E-state index in [1.54, 1.807) is 40.8 Å².